The third-order valence-electron chi connectivity index (χ3n) is 2.12. The predicted molar refractivity (Wildman–Crippen MR) is 54.5 cm³/mol. The standard InChI is InChI=1S/C11H11FN2O/c1-7-2-3-9(10(12)4-7)11-14-8(5-13)6-15-11/h2-4,6H,5,13H2,1H3. The van der Waals surface area contributed by atoms with Crippen molar-refractivity contribution in [1.82, 2.24) is 4.98 Å². The lowest BCUT2D eigenvalue weighted by atomic mass is 10.1. The Balaban J connectivity index is 2.44. The fourth-order valence-corrected chi connectivity index (χ4v) is 1.32. The molecule has 78 valence electrons. The number of aryl methyl sites for hydroxylation is 1. The zero-order valence-electron chi connectivity index (χ0n) is 8.33. The summed E-state index contributed by atoms with van der Waals surface area (Å²) in [6, 6.07) is 4.91. The summed E-state index contributed by atoms with van der Waals surface area (Å²) >= 11 is 0. The molecule has 0 aliphatic rings. The quantitative estimate of drug-likeness (QED) is 0.819. The molecule has 1 aromatic heterocycles. The normalized spacial score (nSPS) is 10.6. The third kappa shape index (κ3) is 1.89. The van der Waals surface area contributed by atoms with Crippen molar-refractivity contribution in [3.63, 3.8) is 0 Å². The molecule has 0 amide bonds. The molecule has 0 aliphatic carbocycles. The van der Waals surface area contributed by atoms with E-state index in [0.29, 0.717) is 11.3 Å². The number of halogens is 1. The SMILES string of the molecule is Cc1ccc(-c2nc(CN)co2)c(F)c1. The highest BCUT2D eigenvalue weighted by Gasteiger charge is 2.10. The molecule has 0 bridgehead atoms. The molecule has 2 aromatic rings. The van der Waals surface area contributed by atoms with Crippen molar-refractivity contribution in [3.8, 4) is 11.5 Å². The number of aromatic nitrogens is 1. The van der Waals surface area contributed by atoms with Crippen LogP contribution in [-0.4, -0.2) is 4.98 Å². The van der Waals surface area contributed by atoms with Crippen LogP contribution in [0.15, 0.2) is 28.9 Å². The van der Waals surface area contributed by atoms with Crippen LogP contribution in [0.1, 0.15) is 11.3 Å². The molecule has 4 heteroatoms. The minimum Gasteiger partial charge on any atom is -0.444 e. The maximum Gasteiger partial charge on any atom is 0.229 e. The van der Waals surface area contributed by atoms with Crippen molar-refractivity contribution in [2.45, 2.75) is 13.5 Å². The fourth-order valence-electron chi connectivity index (χ4n) is 1.32. The molecule has 0 fully saturated rings. The van der Waals surface area contributed by atoms with Crippen molar-refractivity contribution < 1.29 is 8.81 Å². The highest BCUT2D eigenvalue weighted by Crippen LogP contribution is 2.22. The first kappa shape index (κ1) is 9.86. The molecule has 0 atom stereocenters. The van der Waals surface area contributed by atoms with Gasteiger partial charge in [-0.15, -0.1) is 0 Å². The van der Waals surface area contributed by atoms with Gasteiger partial charge in [0.2, 0.25) is 5.89 Å². The van der Waals surface area contributed by atoms with E-state index in [1.165, 1.54) is 12.3 Å². The van der Waals surface area contributed by atoms with Gasteiger partial charge in [-0.05, 0) is 24.6 Å². The number of nitrogens with two attached hydrogens (primary N) is 1. The second kappa shape index (κ2) is 3.82. The van der Waals surface area contributed by atoms with E-state index in [1.807, 2.05) is 13.0 Å². The molecule has 1 heterocycles. The topological polar surface area (TPSA) is 52.0 Å². The van der Waals surface area contributed by atoms with Gasteiger partial charge in [-0.2, -0.15) is 0 Å². The first-order valence-corrected chi connectivity index (χ1v) is 4.61. The summed E-state index contributed by atoms with van der Waals surface area (Å²) < 4.78 is 18.6. The van der Waals surface area contributed by atoms with Gasteiger partial charge in [0.15, 0.2) is 0 Å². The molecule has 3 nitrogen and oxygen atoms in total. The Hall–Kier alpha value is -1.68. The third-order valence-corrected chi connectivity index (χ3v) is 2.12. The van der Waals surface area contributed by atoms with E-state index < -0.39 is 0 Å². The molecule has 0 spiro atoms. The van der Waals surface area contributed by atoms with E-state index in [0.717, 1.165) is 5.56 Å². The van der Waals surface area contributed by atoms with Crippen LogP contribution in [0.5, 0.6) is 0 Å². The van der Waals surface area contributed by atoms with Crippen LogP contribution in [0, 0.1) is 12.7 Å². The molecular formula is C11H11FN2O. The monoisotopic (exact) mass is 206 g/mol. The lowest BCUT2D eigenvalue weighted by Gasteiger charge is -1.98. The molecule has 0 unspecified atom stereocenters. The van der Waals surface area contributed by atoms with Gasteiger partial charge in [-0.1, -0.05) is 6.07 Å². The summed E-state index contributed by atoms with van der Waals surface area (Å²) in [5.74, 6) is -0.0617. The van der Waals surface area contributed by atoms with E-state index in [1.54, 1.807) is 6.07 Å². The minimum absolute atomic E-state index is 0.271. The number of nitrogens with zero attached hydrogens (tertiary/aromatic N) is 1. The van der Waals surface area contributed by atoms with Gasteiger partial charge in [-0.3, -0.25) is 0 Å². The molecule has 2 N–H and O–H groups in total. The van der Waals surface area contributed by atoms with Crippen LogP contribution in [0.25, 0.3) is 11.5 Å². The zero-order chi connectivity index (χ0) is 10.8. The Labute approximate surface area is 86.7 Å². The average molecular weight is 206 g/mol. The average Bonchev–Trinajstić information content (AvgIpc) is 2.66. The molecule has 0 saturated heterocycles. The van der Waals surface area contributed by atoms with Gasteiger partial charge in [-0.25, -0.2) is 9.37 Å². The summed E-state index contributed by atoms with van der Waals surface area (Å²) in [7, 11) is 0. The lowest BCUT2D eigenvalue weighted by Crippen LogP contribution is -1.96. The van der Waals surface area contributed by atoms with Crippen LogP contribution < -0.4 is 5.73 Å². The van der Waals surface area contributed by atoms with Crippen molar-refractivity contribution in [2.75, 3.05) is 0 Å². The van der Waals surface area contributed by atoms with Crippen LogP contribution in [-0.2, 0) is 6.54 Å². The molecule has 0 aliphatic heterocycles. The van der Waals surface area contributed by atoms with Gasteiger partial charge in [0, 0.05) is 6.54 Å². The van der Waals surface area contributed by atoms with Gasteiger partial charge in [0.1, 0.15) is 12.1 Å². The van der Waals surface area contributed by atoms with Crippen molar-refractivity contribution in [3.05, 3.63) is 41.5 Å². The van der Waals surface area contributed by atoms with Gasteiger partial charge >= 0.3 is 0 Å². The molecule has 0 saturated carbocycles. The first-order chi connectivity index (χ1) is 7.20. The number of hydrogen-bond acceptors (Lipinski definition) is 3. The maximum atomic E-state index is 13.5. The second-order valence-electron chi connectivity index (χ2n) is 3.33. The van der Waals surface area contributed by atoms with Crippen LogP contribution in [0.3, 0.4) is 0 Å². The van der Waals surface area contributed by atoms with Crippen molar-refractivity contribution in [1.29, 1.82) is 0 Å². The van der Waals surface area contributed by atoms with Crippen LogP contribution in [0.4, 0.5) is 4.39 Å². The second-order valence-corrected chi connectivity index (χ2v) is 3.33. The zero-order valence-corrected chi connectivity index (χ0v) is 8.33. The number of rotatable bonds is 2. The van der Waals surface area contributed by atoms with Crippen molar-refractivity contribution >= 4 is 0 Å². The van der Waals surface area contributed by atoms with Crippen LogP contribution in [0.2, 0.25) is 0 Å². The predicted octanol–water partition coefficient (Wildman–Crippen LogP) is 2.25. The Kier molecular flexibility index (Phi) is 2.51. The number of hydrogen-bond donors (Lipinski definition) is 1. The van der Waals surface area contributed by atoms with Crippen molar-refractivity contribution in [2.24, 2.45) is 5.73 Å². The fraction of sp³-hybridized carbons (Fsp3) is 0.182. The first-order valence-electron chi connectivity index (χ1n) is 4.61. The molecule has 1 aromatic carbocycles. The number of oxazole rings is 1. The molecule has 0 radical (unpaired) electrons. The smallest absolute Gasteiger partial charge is 0.229 e. The summed E-state index contributed by atoms with van der Waals surface area (Å²) in [6.07, 6.45) is 1.44. The Bertz CT molecular complexity index is 479. The summed E-state index contributed by atoms with van der Waals surface area (Å²) in [4.78, 5) is 4.06. The molecule has 2 rings (SSSR count). The maximum absolute atomic E-state index is 13.5. The van der Waals surface area contributed by atoms with E-state index in [9.17, 15) is 4.39 Å². The lowest BCUT2D eigenvalue weighted by molar-refractivity contribution is 0.560. The highest BCUT2D eigenvalue weighted by molar-refractivity contribution is 5.54. The summed E-state index contributed by atoms with van der Waals surface area (Å²) in [5, 5.41) is 0. The largest absolute Gasteiger partial charge is 0.444 e. The van der Waals surface area contributed by atoms with Gasteiger partial charge in [0.05, 0.1) is 11.3 Å². The van der Waals surface area contributed by atoms with Gasteiger partial charge < -0.3 is 10.2 Å². The van der Waals surface area contributed by atoms with E-state index >= 15 is 0 Å². The Morgan fingerprint density at radius 1 is 1.47 bits per heavy atom. The Morgan fingerprint density at radius 2 is 2.27 bits per heavy atom. The number of benzene rings is 1. The Morgan fingerprint density at radius 3 is 2.87 bits per heavy atom. The summed E-state index contributed by atoms with van der Waals surface area (Å²) in [5.41, 5.74) is 7.23. The van der Waals surface area contributed by atoms with Crippen LogP contribution >= 0.6 is 0 Å². The summed E-state index contributed by atoms with van der Waals surface area (Å²) in [6.45, 7) is 2.12. The highest BCUT2D eigenvalue weighted by atomic mass is 19.1. The van der Waals surface area contributed by atoms with E-state index in [2.05, 4.69) is 4.98 Å². The van der Waals surface area contributed by atoms with E-state index in [4.69, 9.17) is 10.2 Å². The molecular weight excluding hydrogens is 195 g/mol. The minimum atomic E-state index is -0.333. The molecule has 15 heavy (non-hydrogen) atoms. The van der Waals surface area contributed by atoms with Gasteiger partial charge in [0.25, 0.3) is 0 Å². The van der Waals surface area contributed by atoms with E-state index in [-0.39, 0.29) is 18.3 Å².